The smallest absolute Gasteiger partial charge is 0.419 e. The molecule has 0 N–H and O–H groups in total. The number of carbonyl (C=O) groups excluding carboxylic acids is 3. The van der Waals surface area contributed by atoms with Crippen molar-refractivity contribution in [2.75, 3.05) is 7.11 Å². The van der Waals surface area contributed by atoms with Crippen LogP contribution in [-0.2, 0) is 19.1 Å². The summed E-state index contributed by atoms with van der Waals surface area (Å²) in [6, 6.07) is 0. The molecule has 3 fully saturated rings. The molecule has 0 amide bonds. The van der Waals surface area contributed by atoms with Gasteiger partial charge in [0.1, 0.15) is 0 Å². The van der Waals surface area contributed by atoms with Gasteiger partial charge in [0, 0.05) is 16.7 Å². The fourth-order valence-corrected chi connectivity index (χ4v) is 10.3. The molecule has 3 saturated carbocycles. The second-order valence-corrected chi connectivity index (χ2v) is 15.3. The van der Waals surface area contributed by atoms with Gasteiger partial charge >= 0.3 is 12.1 Å². The highest BCUT2D eigenvalue weighted by Gasteiger charge is 2.71. The van der Waals surface area contributed by atoms with Crippen LogP contribution in [0, 0.1) is 50.2 Å². The lowest BCUT2D eigenvalue weighted by molar-refractivity contribution is -0.191. The van der Waals surface area contributed by atoms with Gasteiger partial charge in [0.15, 0.2) is 11.6 Å². The van der Waals surface area contributed by atoms with Crippen molar-refractivity contribution < 1.29 is 32.3 Å². The maximum Gasteiger partial charge on any atom is 0.419 e. The Kier molecular flexibility index (Phi) is 5.93. The van der Waals surface area contributed by atoms with Crippen LogP contribution in [-0.4, -0.2) is 30.8 Å². The van der Waals surface area contributed by atoms with Gasteiger partial charge in [-0.1, -0.05) is 60.1 Å². The average Bonchev–Trinajstić information content (AvgIpc) is 2.81. The SMILES string of the molecule is COC(=O)[C@]12CCC(C)(C)C[C@H]1[C@H]1C(=O)C=C3[C@@]4(C)C=C(C(F)(F)F)C(=O)C(C)(C)[C@@H]4CC[C@@]3(C)[C@]1(C)CC2. The normalized spacial score (nSPS) is 44.6. The third kappa shape index (κ3) is 3.52. The molecule has 0 heterocycles. The zero-order chi connectivity index (χ0) is 29.2. The van der Waals surface area contributed by atoms with E-state index in [1.54, 1.807) is 19.9 Å². The first-order valence-corrected chi connectivity index (χ1v) is 14.4. The molecule has 0 aliphatic heterocycles. The molecule has 0 bridgehead atoms. The summed E-state index contributed by atoms with van der Waals surface area (Å²) in [6.07, 6.45) is 2.83. The van der Waals surface area contributed by atoms with E-state index in [9.17, 15) is 27.6 Å². The minimum Gasteiger partial charge on any atom is -0.469 e. The highest BCUT2D eigenvalue weighted by atomic mass is 19.4. The van der Waals surface area contributed by atoms with Gasteiger partial charge in [0.2, 0.25) is 0 Å². The molecule has 4 nitrogen and oxygen atoms in total. The molecule has 0 aromatic rings. The van der Waals surface area contributed by atoms with Crippen LogP contribution in [0.3, 0.4) is 0 Å². The molecule has 0 unspecified atom stereocenters. The van der Waals surface area contributed by atoms with Crippen molar-refractivity contribution in [1.82, 2.24) is 0 Å². The molecule has 39 heavy (non-hydrogen) atoms. The summed E-state index contributed by atoms with van der Waals surface area (Å²) in [4.78, 5) is 40.8. The van der Waals surface area contributed by atoms with Crippen LogP contribution in [0.5, 0.6) is 0 Å². The maximum atomic E-state index is 14.3. The first-order valence-electron chi connectivity index (χ1n) is 14.4. The van der Waals surface area contributed by atoms with Gasteiger partial charge in [0.25, 0.3) is 0 Å². The van der Waals surface area contributed by atoms with E-state index in [0.717, 1.165) is 24.5 Å². The molecule has 5 aliphatic rings. The van der Waals surface area contributed by atoms with E-state index in [-0.39, 0.29) is 29.0 Å². The maximum absolute atomic E-state index is 14.3. The topological polar surface area (TPSA) is 60.4 Å². The Balaban J connectivity index is 1.71. The van der Waals surface area contributed by atoms with E-state index in [1.165, 1.54) is 7.11 Å². The van der Waals surface area contributed by atoms with Crippen LogP contribution >= 0.6 is 0 Å². The second-order valence-electron chi connectivity index (χ2n) is 15.3. The minimum atomic E-state index is -4.76. The predicted octanol–water partition coefficient (Wildman–Crippen LogP) is 7.42. The van der Waals surface area contributed by atoms with Crippen molar-refractivity contribution in [2.24, 2.45) is 50.2 Å². The summed E-state index contributed by atoms with van der Waals surface area (Å²) in [5, 5.41) is 0. The Morgan fingerprint density at radius 1 is 0.949 bits per heavy atom. The van der Waals surface area contributed by atoms with Gasteiger partial charge in [-0.2, -0.15) is 13.2 Å². The standard InChI is InChI=1S/C32H43F3O4/c1-26(2)11-13-31(25(38)39-8)14-12-30(7)23(18(31)16-26)20(36)15-22-28(5)17-19(32(33,34)35)24(37)27(3,4)21(28)9-10-29(22,30)6/h15,17-18,21,23H,9-14,16H2,1-8H3/t18-,21-,23-,28-,29+,30+,31-/m0/s1. The quantitative estimate of drug-likeness (QED) is 0.320. The second kappa shape index (κ2) is 8.09. The molecule has 216 valence electrons. The number of allylic oxidation sites excluding steroid dienone is 4. The molecule has 5 rings (SSSR count). The third-order valence-electron chi connectivity index (χ3n) is 12.6. The molecule has 0 radical (unpaired) electrons. The lowest BCUT2D eigenvalue weighted by Gasteiger charge is -2.68. The monoisotopic (exact) mass is 548 g/mol. The fraction of sp³-hybridized carbons (Fsp3) is 0.781. The molecule has 0 aromatic heterocycles. The fourth-order valence-electron chi connectivity index (χ4n) is 10.3. The molecular weight excluding hydrogens is 505 g/mol. The van der Waals surface area contributed by atoms with Gasteiger partial charge in [-0.3, -0.25) is 14.4 Å². The number of Topliss-reactive ketones (excluding diaryl/α,β-unsaturated/α-hetero) is 1. The summed E-state index contributed by atoms with van der Waals surface area (Å²) in [5.74, 6) is -2.13. The number of alkyl halides is 3. The van der Waals surface area contributed by atoms with Crippen molar-refractivity contribution in [3.05, 3.63) is 23.3 Å². The Morgan fingerprint density at radius 2 is 1.56 bits per heavy atom. The number of methoxy groups -OCH3 is 1. The predicted molar refractivity (Wildman–Crippen MR) is 141 cm³/mol. The minimum absolute atomic E-state index is 0.0344. The summed E-state index contributed by atoms with van der Waals surface area (Å²) in [7, 11) is 1.42. The zero-order valence-electron chi connectivity index (χ0n) is 24.6. The Labute approximate surface area is 230 Å². The average molecular weight is 549 g/mol. The van der Waals surface area contributed by atoms with Crippen molar-refractivity contribution in [1.29, 1.82) is 0 Å². The lowest BCUT2D eigenvalue weighted by Crippen LogP contribution is -2.66. The first kappa shape index (κ1) is 28.6. The van der Waals surface area contributed by atoms with Crippen LogP contribution in [0.25, 0.3) is 0 Å². The highest BCUT2D eigenvalue weighted by Crippen LogP contribution is 2.74. The summed E-state index contributed by atoms with van der Waals surface area (Å²) in [6.45, 7) is 13.7. The molecule has 0 spiro atoms. The largest absolute Gasteiger partial charge is 0.469 e. The van der Waals surface area contributed by atoms with Crippen molar-refractivity contribution in [2.45, 2.75) is 99.6 Å². The van der Waals surface area contributed by atoms with Gasteiger partial charge in [0.05, 0.1) is 18.1 Å². The van der Waals surface area contributed by atoms with Crippen LogP contribution in [0.1, 0.15) is 93.4 Å². The number of carbonyl (C=O) groups is 3. The lowest BCUT2D eigenvalue weighted by atomic mass is 9.34. The van der Waals surface area contributed by atoms with Gasteiger partial charge < -0.3 is 4.74 Å². The van der Waals surface area contributed by atoms with Gasteiger partial charge in [-0.05, 0) is 79.1 Å². The van der Waals surface area contributed by atoms with E-state index in [2.05, 4.69) is 27.7 Å². The van der Waals surface area contributed by atoms with Gasteiger partial charge in [-0.25, -0.2) is 0 Å². The Bertz CT molecular complexity index is 1210. The van der Waals surface area contributed by atoms with Crippen molar-refractivity contribution in [3.63, 3.8) is 0 Å². The highest BCUT2D eigenvalue weighted by molar-refractivity contribution is 6.03. The number of fused-ring (bicyclic) bond motifs is 7. The number of rotatable bonds is 1. The Morgan fingerprint density at radius 3 is 2.15 bits per heavy atom. The van der Waals surface area contributed by atoms with E-state index < -0.39 is 50.5 Å². The number of esters is 1. The Hall–Kier alpha value is -1.92. The summed E-state index contributed by atoms with van der Waals surface area (Å²) < 4.78 is 47.9. The number of ketones is 2. The van der Waals surface area contributed by atoms with E-state index in [4.69, 9.17) is 4.74 Å². The molecule has 0 aromatic carbocycles. The van der Waals surface area contributed by atoms with E-state index >= 15 is 0 Å². The van der Waals surface area contributed by atoms with Gasteiger partial charge in [-0.15, -0.1) is 0 Å². The third-order valence-corrected chi connectivity index (χ3v) is 12.6. The summed E-state index contributed by atoms with van der Waals surface area (Å²) in [5.41, 5.74) is -4.49. The van der Waals surface area contributed by atoms with Crippen LogP contribution < -0.4 is 0 Å². The van der Waals surface area contributed by atoms with Crippen LogP contribution in [0.2, 0.25) is 0 Å². The molecule has 7 atom stereocenters. The number of halogens is 3. The number of hydrogen-bond donors (Lipinski definition) is 0. The number of hydrogen-bond acceptors (Lipinski definition) is 4. The molecule has 0 saturated heterocycles. The van der Waals surface area contributed by atoms with Crippen LogP contribution in [0.4, 0.5) is 13.2 Å². The molecule has 5 aliphatic carbocycles. The first-order chi connectivity index (χ1) is 17.7. The van der Waals surface area contributed by atoms with Crippen molar-refractivity contribution >= 4 is 17.5 Å². The van der Waals surface area contributed by atoms with Crippen LogP contribution in [0.15, 0.2) is 23.3 Å². The molecular formula is C32H43F3O4. The van der Waals surface area contributed by atoms with E-state index in [1.807, 2.05) is 6.92 Å². The van der Waals surface area contributed by atoms with Crippen molar-refractivity contribution in [3.8, 4) is 0 Å². The molecule has 7 heteroatoms. The van der Waals surface area contributed by atoms with E-state index in [0.29, 0.717) is 32.1 Å². The summed E-state index contributed by atoms with van der Waals surface area (Å²) >= 11 is 0. The number of ether oxygens (including phenoxy) is 1. The zero-order valence-corrected chi connectivity index (χ0v) is 24.6.